The summed E-state index contributed by atoms with van der Waals surface area (Å²) in [6, 6.07) is 0.746. The minimum atomic E-state index is 0.560. The zero-order valence-electron chi connectivity index (χ0n) is 13.0. The molecular formula is C17H33NO. The minimum absolute atomic E-state index is 0.560. The average Bonchev–Trinajstić information content (AvgIpc) is 2.45. The highest BCUT2D eigenvalue weighted by molar-refractivity contribution is 4.79. The zero-order valence-corrected chi connectivity index (χ0v) is 13.0. The van der Waals surface area contributed by atoms with Crippen LogP contribution in [-0.2, 0) is 4.74 Å². The van der Waals surface area contributed by atoms with Gasteiger partial charge >= 0.3 is 0 Å². The first-order chi connectivity index (χ1) is 9.25. The van der Waals surface area contributed by atoms with E-state index in [0.29, 0.717) is 6.10 Å². The lowest BCUT2D eigenvalue weighted by molar-refractivity contribution is 0.0284. The fraction of sp³-hybridized carbons (Fsp3) is 1.00. The van der Waals surface area contributed by atoms with Crippen molar-refractivity contribution in [3.05, 3.63) is 0 Å². The van der Waals surface area contributed by atoms with E-state index in [1.807, 2.05) is 0 Å². The first-order valence-corrected chi connectivity index (χ1v) is 8.60. The largest absolute Gasteiger partial charge is 0.377 e. The highest BCUT2D eigenvalue weighted by Crippen LogP contribution is 2.29. The SMILES string of the molecule is CC(C)C1CCCC(NCCOC2CCCCC2)C1. The highest BCUT2D eigenvalue weighted by atomic mass is 16.5. The fourth-order valence-corrected chi connectivity index (χ4v) is 3.74. The topological polar surface area (TPSA) is 21.3 Å². The third-order valence-electron chi connectivity index (χ3n) is 5.10. The minimum Gasteiger partial charge on any atom is -0.377 e. The molecule has 0 spiro atoms. The van der Waals surface area contributed by atoms with Gasteiger partial charge in [-0.15, -0.1) is 0 Å². The predicted molar refractivity (Wildman–Crippen MR) is 81.4 cm³/mol. The Hall–Kier alpha value is -0.0800. The van der Waals surface area contributed by atoms with Gasteiger partial charge in [-0.1, -0.05) is 46.0 Å². The summed E-state index contributed by atoms with van der Waals surface area (Å²) in [5, 5.41) is 3.72. The van der Waals surface area contributed by atoms with Crippen LogP contribution in [0.5, 0.6) is 0 Å². The second-order valence-corrected chi connectivity index (χ2v) is 6.95. The molecule has 0 saturated heterocycles. The Morgan fingerprint density at radius 1 is 1.00 bits per heavy atom. The van der Waals surface area contributed by atoms with Crippen molar-refractivity contribution in [2.45, 2.75) is 83.8 Å². The van der Waals surface area contributed by atoms with Gasteiger partial charge in [0.1, 0.15) is 0 Å². The van der Waals surface area contributed by atoms with Gasteiger partial charge in [-0.3, -0.25) is 0 Å². The molecule has 0 amide bonds. The Kier molecular flexibility index (Phi) is 6.66. The van der Waals surface area contributed by atoms with Gasteiger partial charge in [0.25, 0.3) is 0 Å². The second-order valence-electron chi connectivity index (χ2n) is 6.95. The van der Waals surface area contributed by atoms with E-state index in [1.54, 1.807) is 0 Å². The zero-order chi connectivity index (χ0) is 13.5. The molecule has 1 N–H and O–H groups in total. The summed E-state index contributed by atoms with van der Waals surface area (Å²) in [5.41, 5.74) is 0. The molecule has 0 aliphatic heterocycles. The maximum Gasteiger partial charge on any atom is 0.0594 e. The molecule has 2 nitrogen and oxygen atoms in total. The Labute approximate surface area is 119 Å². The Balaban J connectivity index is 1.55. The van der Waals surface area contributed by atoms with Crippen molar-refractivity contribution in [1.82, 2.24) is 5.32 Å². The van der Waals surface area contributed by atoms with E-state index in [2.05, 4.69) is 19.2 Å². The molecule has 0 radical (unpaired) electrons. The summed E-state index contributed by atoms with van der Waals surface area (Å²) in [5.74, 6) is 1.79. The number of ether oxygens (including phenoxy) is 1. The van der Waals surface area contributed by atoms with E-state index in [-0.39, 0.29) is 0 Å². The summed E-state index contributed by atoms with van der Waals surface area (Å²) in [7, 11) is 0. The third kappa shape index (κ3) is 5.43. The van der Waals surface area contributed by atoms with Gasteiger partial charge in [-0.05, 0) is 37.5 Å². The van der Waals surface area contributed by atoms with Crippen LogP contribution in [-0.4, -0.2) is 25.3 Å². The van der Waals surface area contributed by atoms with Crippen molar-refractivity contribution in [2.75, 3.05) is 13.2 Å². The summed E-state index contributed by atoms with van der Waals surface area (Å²) in [6.07, 6.45) is 12.9. The van der Waals surface area contributed by atoms with Crippen molar-refractivity contribution in [3.63, 3.8) is 0 Å². The van der Waals surface area contributed by atoms with Crippen LogP contribution in [0.25, 0.3) is 0 Å². The molecule has 0 aromatic heterocycles. The van der Waals surface area contributed by atoms with Crippen LogP contribution in [0.15, 0.2) is 0 Å². The predicted octanol–water partition coefficient (Wildman–Crippen LogP) is 4.14. The van der Waals surface area contributed by atoms with E-state index in [1.165, 1.54) is 57.8 Å². The van der Waals surface area contributed by atoms with Gasteiger partial charge in [0, 0.05) is 12.6 Å². The molecule has 2 heteroatoms. The number of nitrogens with one attached hydrogen (secondary N) is 1. The van der Waals surface area contributed by atoms with E-state index in [4.69, 9.17) is 4.74 Å². The molecule has 2 aliphatic rings. The Bertz CT molecular complexity index is 235. The molecule has 2 aliphatic carbocycles. The van der Waals surface area contributed by atoms with Crippen LogP contribution in [0.4, 0.5) is 0 Å². The van der Waals surface area contributed by atoms with Crippen LogP contribution < -0.4 is 5.32 Å². The van der Waals surface area contributed by atoms with Gasteiger partial charge in [-0.2, -0.15) is 0 Å². The first-order valence-electron chi connectivity index (χ1n) is 8.60. The number of hydrogen-bond acceptors (Lipinski definition) is 2. The lowest BCUT2D eigenvalue weighted by atomic mass is 9.79. The molecular weight excluding hydrogens is 234 g/mol. The van der Waals surface area contributed by atoms with Crippen molar-refractivity contribution >= 4 is 0 Å². The Morgan fingerprint density at radius 2 is 1.79 bits per heavy atom. The molecule has 0 heterocycles. The van der Waals surface area contributed by atoms with Crippen LogP contribution >= 0.6 is 0 Å². The lowest BCUT2D eigenvalue weighted by Crippen LogP contribution is -2.37. The molecule has 2 saturated carbocycles. The molecule has 112 valence electrons. The molecule has 0 bridgehead atoms. The normalized spacial score (nSPS) is 29.8. The maximum absolute atomic E-state index is 5.99. The molecule has 0 aromatic carbocycles. The van der Waals surface area contributed by atoms with Crippen LogP contribution in [0.1, 0.15) is 71.6 Å². The average molecular weight is 267 g/mol. The smallest absolute Gasteiger partial charge is 0.0594 e. The van der Waals surface area contributed by atoms with Crippen molar-refractivity contribution < 1.29 is 4.74 Å². The van der Waals surface area contributed by atoms with Crippen molar-refractivity contribution in [1.29, 1.82) is 0 Å². The van der Waals surface area contributed by atoms with Crippen LogP contribution in [0.3, 0.4) is 0 Å². The van der Waals surface area contributed by atoms with E-state index in [9.17, 15) is 0 Å². The molecule has 2 unspecified atom stereocenters. The van der Waals surface area contributed by atoms with Gasteiger partial charge in [0.2, 0.25) is 0 Å². The molecule has 0 aromatic rings. The van der Waals surface area contributed by atoms with E-state index in [0.717, 1.165) is 31.0 Å². The quantitative estimate of drug-likeness (QED) is 0.730. The molecule has 2 fully saturated rings. The summed E-state index contributed by atoms with van der Waals surface area (Å²) < 4.78 is 5.99. The van der Waals surface area contributed by atoms with Crippen molar-refractivity contribution in [2.24, 2.45) is 11.8 Å². The second kappa shape index (κ2) is 8.26. The van der Waals surface area contributed by atoms with Crippen LogP contribution in [0.2, 0.25) is 0 Å². The molecule has 19 heavy (non-hydrogen) atoms. The lowest BCUT2D eigenvalue weighted by Gasteiger charge is -2.32. The van der Waals surface area contributed by atoms with Gasteiger partial charge < -0.3 is 10.1 Å². The monoisotopic (exact) mass is 267 g/mol. The number of hydrogen-bond donors (Lipinski definition) is 1. The Morgan fingerprint density at radius 3 is 2.53 bits per heavy atom. The summed E-state index contributed by atoms with van der Waals surface area (Å²) >= 11 is 0. The summed E-state index contributed by atoms with van der Waals surface area (Å²) in [4.78, 5) is 0. The van der Waals surface area contributed by atoms with E-state index < -0.39 is 0 Å². The van der Waals surface area contributed by atoms with Gasteiger partial charge in [0.15, 0.2) is 0 Å². The summed E-state index contributed by atoms with van der Waals surface area (Å²) in [6.45, 7) is 6.71. The van der Waals surface area contributed by atoms with Gasteiger partial charge in [-0.25, -0.2) is 0 Å². The standard InChI is InChI=1S/C17H33NO/c1-14(2)15-7-6-8-16(13-15)18-11-12-19-17-9-4-3-5-10-17/h14-18H,3-13H2,1-2H3. The van der Waals surface area contributed by atoms with E-state index >= 15 is 0 Å². The van der Waals surface area contributed by atoms with Gasteiger partial charge in [0.05, 0.1) is 12.7 Å². The van der Waals surface area contributed by atoms with Crippen molar-refractivity contribution in [3.8, 4) is 0 Å². The molecule has 2 atom stereocenters. The highest BCUT2D eigenvalue weighted by Gasteiger charge is 2.23. The molecule has 2 rings (SSSR count). The number of rotatable bonds is 6. The fourth-order valence-electron chi connectivity index (χ4n) is 3.74. The maximum atomic E-state index is 5.99. The first kappa shape index (κ1) is 15.3. The van der Waals surface area contributed by atoms with Crippen LogP contribution in [0, 0.1) is 11.8 Å². The third-order valence-corrected chi connectivity index (χ3v) is 5.10.